The summed E-state index contributed by atoms with van der Waals surface area (Å²) in [7, 11) is 0. The second-order valence-electron chi connectivity index (χ2n) is 6.52. The van der Waals surface area contributed by atoms with Crippen LogP contribution in [0.3, 0.4) is 0 Å². The second-order valence-corrected chi connectivity index (χ2v) is 7.59. The summed E-state index contributed by atoms with van der Waals surface area (Å²) in [5, 5.41) is 10.5. The number of rotatable bonds is 6. The molecule has 0 bridgehead atoms. The van der Waals surface area contributed by atoms with Crippen LogP contribution in [-0.2, 0) is 13.2 Å². The Morgan fingerprint density at radius 1 is 1.15 bits per heavy atom. The van der Waals surface area contributed by atoms with Gasteiger partial charge < -0.3 is 15.4 Å². The van der Waals surface area contributed by atoms with Gasteiger partial charge in [0.2, 0.25) is 0 Å². The summed E-state index contributed by atoms with van der Waals surface area (Å²) in [6.45, 7) is 4.13. The average molecular weight is 389 g/mol. The average Bonchev–Trinajstić information content (AvgIpc) is 2.94. The van der Waals surface area contributed by atoms with E-state index in [0.29, 0.717) is 23.0 Å². The molecule has 0 fully saturated rings. The van der Waals surface area contributed by atoms with Crippen LogP contribution in [0.15, 0.2) is 52.4 Å². The molecule has 0 aliphatic heterocycles. The molecule has 1 heterocycles. The molecule has 0 atom stereocenters. The number of nitrogens with two attached hydrogens (primary N) is 1. The highest BCUT2D eigenvalue weighted by atomic mass is 32.2. The lowest BCUT2D eigenvalue weighted by molar-refractivity contribution is 0.265. The number of hydrogen-bond donors (Lipinski definition) is 2. The Bertz CT molecular complexity index is 936. The molecule has 4 nitrogen and oxygen atoms in total. The van der Waals surface area contributed by atoms with Crippen LogP contribution in [0.4, 0.5) is 14.5 Å². The Kier molecular flexibility index (Phi) is 5.82. The summed E-state index contributed by atoms with van der Waals surface area (Å²) in [5.74, 6) is -0.708. The lowest BCUT2D eigenvalue weighted by atomic mass is 10.1. The fourth-order valence-corrected chi connectivity index (χ4v) is 4.05. The molecule has 3 aromatic rings. The van der Waals surface area contributed by atoms with Gasteiger partial charge in [0.15, 0.2) is 0 Å². The number of aliphatic hydroxyl groups is 1. The number of nitrogen functional groups attached to an aromatic ring is 1. The zero-order valence-electron chi connectivity index (χ0n) is 15.1. The van der Waals surface area contributed by atoms with Crippen molar-refractivity contribution in [2.75, 3.05) is 5.73 Å². The molecule has 2 aromatic carbocycles. The number of nitrogens with zero attached hydrogens (tertiary/aromatic N) is 2. The molecular formula is C20H21F2N3OS. The largest absolute Gasteiger partial charge is 0.398 e. The molecule has 0 aliphatic carbocycles. The predicted molar refractivity (Wildman–Crippen MR) is 103 cm³/mol. The molecule has 1 aromatic heterocycles. The SMILES string of the molecule is CC(C)c1nc(CO)n(Cc2ccccc2N)c1Sc1cc(F)cc(F)c1. The zero-order chi connectivity index (χ0) is 19.6. The summed E-state index contributed by atoms with van der Waals surface area (Å²) >= 11 is 1.23. The van der Waals surface area contributed by atoms with Crippen molar-refractivity contribution in [3.63, 3.8) is 0 Å². The van der Waals surface area contributed by atoms with E-state index >= 15 is 0 Å². The molecule has 27 heavy (non-hydrogen) atoms. The number of aliphatic hydroxyl groups excluding tert-OH is 1. The van der Waals surface area contributed by atoms with Gasteiger partial charge in [-0.25, -0.2) is 13.8 Å². The van der Waals surface area contributed by atoms with Gasteiger partial charge in [0.1, 0.15) is 29.1 Å². The van der Waals surface area contributed by atoms with Crippen molar-refractivity contribution < 1.29 is 13.9 Å². The second kappa shape index (κ2) is 8.10. The van der Waals surface area contributed by atoms with Crippen molar-refractivity contribution in [3.05, 3.63) is 71.2 Å². The zero-order valence-corrected chi connectivity index (χ0v) is 15.9. The summed E-state index contributed by atoms with van der Waals surface area (Å²) in [4.78, 5) is 4.99. The quantitative estimate of drug-likeness (QED) is 0.607. The van der Waals surface area contributed by atoms with Gasteiger partial charge in [-0.05, 0) is 29.7 Å². The van der Waals surface area contributed by atoms with E-state index in [1.165, 1.54) is 23.9 Å². The molecule has 3 N–H and O–H groups in total. The molecule has 7 heteroatoms. The van der Waals surface area contributed by atoms with Crippen LogP contribution in [0.5, 0.6) is 0 Å². The molecule has 0 aliphatic rings. The van der Waals surface area contributed by atoms with Gasteiger partial charge in [0.05, 0.1) is 12.2 Å². The van der Waals surface area contributed by atoms with E-state index in [0.717, 1.165) is 22.3 Å². The highest BCUT2D eigenvalue weighted by Gasteiger charge is 2.21. The Morgan fingerprint density at radius 2 is 1.81 bits per heavy atom. The molecule has 0 spiro atoms. The smallest absolute Gasteiger partial charge is 0.136 e. The molecule has 3 rings (SSSR count). The monoisotopic (exact) mass is 389 g/mol. The maximum atomic E-state index is 13.6. The van der Waals surface area contributed by atoms with Crippen LogP contribution >= 0.6 is 11.8 Å². The minimum atomic E-state index is -0.635. The molecule has 0 radical (unpaired) electrons. The predicted octanol–water partition coefficient (Wildman–Crippen LogP) is 4.56. The first-order valence-corrected chi connectivity index (χ1v) is 9.38. The molecule has 0 amide bonds. The third-order valence-electron chi connectivity index (χ3n) is 4.15. The van der Waals surface area contributed by atoms with Gasteiger partial charge in [-0.3, -0.25) is 0 Å². The van der Waals surface area contributed by atoms with E-state index < -0.39 is 11.6 Å². The van der Waals surface area contributed by atoms with Gasteiger partial charge >= 0.3 is 0 Å². The number of hydrogen-bond acceptors (Lipinski definition) is 4. The van der Waals surface area contributed by atoms with Crippen LogP contribution in [0, 0.1) is 11.6 Å². The third kappa shape index (κ3) is 4.31. The topological polar surface area (TPSA) is 64.1 Å². The Labute approximate surface area is 161 Å². The minimum Gasteiger partial charge on any atom is -0.398 e. The first kappa shape index (κ1) is 19.4. The van der Waals surface area contributed by atoms with Crippen molar-refractivity contribution in [1.29, 1.82) is 0 Å². The van der Waals surface area contributed by atoms with Crippen LogP contribution in [0.1, 0.15) is 36.8 Å². The first-order chi connectivity index (χ1) is 12.9. The van der Waals surface area contributed by atoms with Crippen LogP contribution in [0.2, 0.25) is 0 Å². The van der Waals surface area contributed by atoms with Gasteiger partial charge in [-0.15, -0.1) is 0 Å². The number of anilines is 1. The van der Waals surface area contributed by atoms with Crippen molar-refractivity contribution in [2.45, 2.75) is 42.8 Å². The number of para-hydroxylation sites is 1. The minimum absolute atomic E-state index is 0.0746. The van der Waals surface area contributed by atoms with Gasteiger partial charge in [0.25, 0.3) is 0 Å². The van der Waals surface area contributed by atoms with Crippen molar-refractivity contribution in [1.82, 2.24) is 9.55 Å². The van der Waals surface area contributed by atoms with E-state index in [1.807, 2.05) is 42.7 Å². The van der Waals surface area contributed by atoms with Gasteiger partial charge in [0, 0.05) is 16.6 Å². The summed E-state index contributed by atoms with van der Waals surface area (Å²) in [6, 6.07) is 10.9. The summed E-state index contributed by atoms with van der Waals surface area (Å²) in [5.41, 5.74) is 8.35. The van der Waals surface area contributed by atoms with Crippen molar-refractivity contribution in [3.8, 4) is 0 Å². The maximum absolute atomic E-state index is 13.6. The lowest BCUT2D eigenvalue weighted by Crippen LogP contribution is -2.08. The Hall–Kier alpha value is -2.38. The number of aromatic nitrogens is 2. The number of benzene rings is 2. The summed E-state index contributed by atoms with van der Waals surface area (Å²) in [6.07, 6.45) is 0. The normalized spacial score (nSPS) is 11.3. The lowest BCUT2D eigenvalue weighted by Gasteiger charge is -2.14. The highest BCUT2D eigenvalue weighted by molar-refractivity contribution is 7.99. The molecular weight excluding hydrogens is 368 g/mol. The fraction of sp³-hybridized carbons (Fsp3) is 0.250. The van der Waals surface area contributed by atoms with Crippen LogP contribution in [-0.4, -0.2) is 14.7 Å². The van der Waals surface area contributed by atoms with Crippen LogP contribution in [0.25, 0.3) is 0 Å². The van der Waals surface area contributed by atoms with Gasteiger partial charge in [-0.2, -0.15) is 0 Å². The van der Waals surface area contributed by atoms with E-state index in [2.05, 4.69) is 4.98 Å². The van der Waals surface area contributed by atoms with E-state index in [-0.39, 0.29) is 12.5 Å². The van der Waals surface area contributed by atoms with Crippen molar-refractivity contribution in [2.24, 2.45) is 0 Å². The number of halogens is 2. The standard InChI is InChI=1S/C20H21F2N3OS/c1-12(2)19-20(27-16-8-14(21)7-15(22)9-16)25(18(11-26)24-19)10-13-5-3-4-6-17(13)23/h3-9,12,26H,10-11,23H2,1-2H3. The number of imidazole rings is 1. The first-order valence-electron chi connectivity index (χ1n) is 8.56. The fourth-order valence-electron chi connectivity index (χ4n) is 2.82. The third-order valence-corrected chi connectivity index (χ3v) is 5.24. The highest BCUT2D eigenvalue weighted by Crippen LogP contribution is 2.36. The van der Waals surface area contributed by atoms with E-state index in [1.54, 1.807) is 0 Å². The van der Waals surface area contributed by atoms with Gasteiger partial charge in [-0.1, -0.05) is 43.8 Å². The molecule has 0 saturated carbocycles. The molecule has 0 saturated heterocycles. The Balaban J connectivity index is 2.09. The van der Waals surface area contributed by atoms with Crippen LogP contribution < -0.4 is 5.73 Å². The summed E-state index contributed by atoms with van der Waals surface area (Å²) < 4.78 is 29.1. The molecule has 0 unspecified atom stereocenters. The Morgan fingerprint density at radius 3 is 2.41 bits per heavy atom. The maximum Gasteiger partial charge on any atom is 0.136 e. The van der Waals surface area contributed by atoms with E-state index in [4.69, 9.17) is 5.73 Å². The van der Waals surface area contributed by atoms with Crippen molar-refractivity contribution >= 4 is 17.4 Å². The van der Waals surface area contributed by atoms with E-state index in [9.17, 15) is 13.9 Å². The molecule has 142 valence electrons.